The first-order valence-corrected chi connectivity index (χ1v) is 14.2. The number of phenolic OH excluding ortho intramolecular Hbond substituents is 2. The summed E-state index contributed by atoms with van der Waals surface area (Å²) in [6.07, 6.45) is 1.99. The summed E-state index contributed by atoms with van der Waals surface area (Å²) < 4.78 is 0. The van der Waals surface area contributed by atoms with Crippen LogP contribution in [0, 0.1) is 0 Å². The van der Waals surface area contributed by atoms with Crippen LogP contribution in [-0.4, -0.2) is 21.7 Å². The molecule has 0 heterocycles. The fourth-order valence-corrected chi connectivity index (χ4v) is 6.32. The molecule has 0 saturated heterocycles. The zero-order chi connectivity index (χ0) is 27.0. The molecule has 2 rings (SSSR count). The number of hydrogen-bond acceptors (Lipinski definition) is 3. The number of aryl methyl sites for hydroxylation is 2. The van der Waals surface area contributed by atoms with Gasteiger partial charge in [-0.25, -0.2) is 0 Å². The van der Waals surface area contributed by atoms with Crippen LogP contribution >= 0.6 is 11.8 Å². The van der Waals surface area contributed by atoms with Gasteiger partial charge in [0.2, 0.25) is 0 Å². The van der Waals surface area contributed by atoms with Gasteiger partial charge < -0.3 is 10.2 Å². The molecule has 0 saturated carbocycles. The fraction of sp³-hybridized carbons (Fsp3) is 0.625. The molecule has 0 amide bonds. The third kappa shape index (κ3) is 7.21. The second-order valence-electron chi connectivity index (χ2n) is 14.1. The van der Waals surface area contributed by atoms with E-state index < -0.39 is 0 Å². The first-order valence-electron chi connectivity index (χ1n) is 13.1. The average Bonchev–Trinajstić information content (AvgIpc) is 2.65. The minimum atomic E-state index is -0.108. The Morgan fingerprint density at radius 1 is 0.486 bits per heavy atom. The van der Waals surface area contributed by atoms with Crippen molar-refractivity contribution in [2.45, 2.75) is 118 Å². The van der Waals surface area contributed by atoms with E-state index in [4.69, 9.17) is 0 Å². The van der Waals surface area contributed by atoms with Crippen LogP contribution in [0.25, 0.3) is 0 Å². The summed E-state index contributed by atoms with van der Waals surface area (Å²) in [5.41, 5.74) is 7.19. The lowest BCUT2D eigenvalue weighted by Gasteiger charge is -2.33. The van der Waals surface area contributed by atoms with E-state index in [-0.39, 0.29) is 21.7 Å². The predicted octanol–water partition coefficient (Wildman–Crippen LogP) is 8.81. The van der Waals surface area contributed by atoms with Crippen LogP contribution in [0.1, 0.15) is 116 Å². The van der Waals surface area contributed by atoms with Crippen molar-refractivity contribution < 1.29 is 10.2 Å². The van der Waals surface area contributed by atoms with Crippen molar-refractivity contribution in [3.8, 4) is 11.5 Å². The Balaban J connectivity index is 2.23. The van der Waals surface area contributed by atoms with Crippen molar-refractivity contribution in [1.29, 1.82) is 0 Å². The van der Waals surface area contributed by atoms with E-state index >= 15 is 0 Å². The maximum Gasteiger partial charge on any atom is 0.119 e. The average molecular weight is 499 g/mol. The number of aromatic hydroxyl groups is 2. The maximum absolute atomic E-state index is 10.7. The van der Waals surface area contributed by atoms with Crippen molar-refractivity contribution in [3.05, 3.63) is 57.6 Å². The number of phenols is 2. The molecule has 2 aromatic carbocycles. The molecule has 0 bridgehead atoms. The first-order chi connectivity index (χ1) is 15.8. The van der Waals surface area contributed by atoms with Gasteiger partial charge in [0.1, 0.15) is 11.5 Å². The lowest BCUT2D eigenvalue weighted by molar-refractivity contribution is 0.433. The molecule has 0 aliphatic rings. The van der Waals surface area contributed by atoms with Crippen LogP contribution in [0.4, 0.5) is 0 Å². The normalized spacial score (nSPS) is 13.4. The fourth-order valence-electron chi connectivity index (χ4n) is 5.38. The molecule has 35 heavy (non-hydrogen) atoms. The molecule has 0 aliphatic carbocycles. The van der Waals surface area contributed by atoms with Crippen LogP contribution in [0.5, 0.6) is 11.5 Å². The molecule has 0 spiro atoms. The Morgan fingerprint density at radius 2 is 0.771 bits per heavy atom. The highest BCUT2D eigenvalue weighted by Gasteiger charge is 2.31. The zero-order valence-electron chi connectivity index (χ0n) is 24.4. The summed E-state index contributed by atoms with van der Waals surface area (Å²) in [5.74, 6) is 2.92. The molecule has 0 unspecified atom stereocenters. The van der Waals surface area contributed by atoms with Gasteiger partial charge >= 0.3 is 0 Å². The highest BCUT2D eigenvalue weighted by Crippen LogP contribution is 2.43. The zero-order valence-corrected chi connectivity index (χ0v) is 25.3. The number of benzene rings is 2. The lowest BCUT2D eigenvalue weighted by atomic mass is 9.72. The van der Waals surface area contributed by atoms with Crippen molar-refractivity contribution in [2.75, 3.05) is 11.5 Å². The highest BCUT2D eigenvalue weighted by atomic mass is 32.2. The van der Waals surface area contributed by atoms with Crippen LogP contribution < -0.4 is 0 Å². The van der Waals surface area contributed by atoms with E-state index in [1.165, 1.54) is 22.3 Å². The van der Waals surface area contributed by atoms with Gasteiger partial charge in [-0.1, -0.05) is 95.2 Å². The van der Waals surface area contributed by atoms with E-state index in [1.807, 2.05) is 23.9 Å². The molecule has 2 N–H and O–H groups in total. The van der Waals surface area contributed by atoms with Crippen molar-refractivity contribution in [2.24, 2.45) is 0 Å². The Bertz CT molecular complexity index is 938. The number of thioether (sulfide) groups is 1. The number of rotatable bonds is 6. The quantitative estimate of drug-likeness (QED) is 0.391. The molecule has 0 aromatic heterocycles. The van der Waals surface area contributed by atoms with Crippen molar-refractivity contribution >= 4 is 11.8 Å². The maximum atomic E-state index is 10.7. The van der Waals surface area contributed by atoms with Crippen LogP contribution in [0.2, 0.25) is 0 Å². The van der Waals surface area contributed by atoms with Gasteiger partial charge in [0.05, 0.1) is 0 Å². The third-order valence-electron chi connectivity index (χ3n) is 6.57. The summed E-state index contributed by atoms with van der Waals surface area (Å²) in [7, 11) is 0. The van der Waals surface area contributed by atoms with Gasteiger partial charge in [0.25, 0.3) is 0 Å². The molecule has 3 heteroatoms. The van der Waals surface area contributed by atoms with E-state index in [2.05, 4.69) is 95.2 Å². The Morgan fingerprint density at radius 3 is 1.03 bits per heavy atom. The topological polar surface area (TPSA) is 40.5 Å². The SMILES string of the molecule is CC(C)(C)c1c(O)ccc(CCSCCc2ccc(O)c(C(C)(C)C)c2C(C)(C)C)c1C(C)(C)C. The van der Waals surface area contributed by atoms with E-state index in [0.29, 0.717) is 11.5 Å². The standard InChI is InChI=1S/C32H50O2S/c1-29(2,3)25-21(13-15-23(33)27(25)31(7,8)9)17-19-35-20-18-22-14-16-24(34)28(32(10,11)12)26(22)30(4,5)6/h13-16,33-34H,17-20H2,1-12H3. The second-order valence-corrected chi connectivity index (χ2v) is 15.3. The molecule has 2 aromatic rings. The molecule has 196 valence electrons. The van der Waals surface area contributed by atoms with Gasteiger partial charge in [-0.2, -0.15) is 11.8 Å². The van der Waals surface area contributed by atoms with E-state index in [1.54, 1.807) is 0 Å². The van der Waals surface area contributed by atoms with E-state index in [0.717, 1.165) is 35.5 Å². The lowest BCUT2D eigenvalue weighted by Crippen LogP contribution is -2.24. The molecule has 2 nitrogen and oxygen atoms in total. The van der Waals surface area contributed by atoms with Crippen molar-refractivity contribution in [3.63, 3.8) is 0 Å². The van der Waals surface area contributed by atoms with Crippen LogP contribution in [0.3, 0.4) is 0 Å². The molecular weight excluding hydrogens is 448 g/mol. The molecular formula is C32H50O2S. The second kappa shape index (κ2) is 10.4. The summed E-state index contributed by atoms with van der Waals surface area (Å²) >= 11 is 1.99. The number of hydrogen-bond donors (Lipinski definition) is 2. The monoisotopic (exact) mass is 498 g/mol. The summed E-state index contributed by atoms with van der Waals surface area (Å²) in [6, 6.07) is 8.02. The van der Waals surface area contributed by atoms with Gasteiger partial charge in [-0.3, -0.25) is 0 Å². The third-order valence-corrected chi connectivity index (χ3v) is 7.56. The van der Waals surface area contributed by atoms with Crippen LogP contribution in [-0.2, 0) is 34.5 Å². The Labute approximate surface area is 219 Å². The smallest absolute Gasteiger partial charge is 0.119 e. The molecule has 0 aliphatic heterocycles. The minimum absolute atomic E-state index is 0.0294. The van der Waals surface area contributed by atoms with E-state index in [9.17, 15) is 10.2 Å². The largest absolute Gasteiger partial charge is 0.508 e. The minimum Gasteiger partial charge on any atom is -0.508 e. The molecule has 0 radical (unpaired) electrons. The molecule has 0 atom stereocenters. The predicted molar refractivity (Wildman–Crippen MR) is 156 cm³/mol. The van der Waals surface area contributed by atoms with Gasteiger partial charge in [0.15, 0.2) is 0 Å². The Hall–Kier alpha value is -1.61. The van der Waals surface area contributed by atoms with Gasteiger partial charge in [-0.15, -0.1) is 0 Å². The molecule has 0 fully saturated rings. The first kappa shape index (κ1) is 29.6. The van der Waals surface area contributed by atoms with Crippen molar-refractivity contribution in [1.82, 2.24) is 0 Å². The highest BCUT2D eigenvalue weighted by molar-refractivity contribution is 7.99. The Kier molecular flexibility index (Phi) is 8.80. The summed E-state index contributed by atoms with van der Waals surface area (Å²) in [6.45, 7) is 26.6. The van der Waals surface area contributed by atoms with Gasteiger partial charge in [0, 0.05) is 11.1 Å². The summed E-state index contributed by atoms with van der Waals surface area (Å²) in [4.78, 5) is 0. The summed E-state index contributed by atoms with van der Waals surface area (Å²) in [5, 5.41) is 21.4. The van der Waals surface area contributed by atoms with Gasteiger partial charge in [-0.05, 0) is 80.4 Å². The van der Waals surface area contributed by atoms with Crippen LogP contribution in [0.15, 0.2) is 24.3 Å².